The molecule has 1 atom stereocenters. The summed E-state index contributed by atoms with van der Waals surface area (Å²) in [6, 6.07) is 10.2. The fraction of sp³-hybridized carbons (Fsp3) is 0.462. The van der Waals surface area contributed by atoms with Crippen LogP contribution in [0, 0.1) is 0 Å². The topological polar surface area (TPSA) is 53.2 Å². The molecular weight excluding hydrogens is 214 g/mol. The number of carbonyl (C=O) groups is 1. The maximum absolute atomic E-state index is 11.7. The van der Waals surface area contributed by atoms with Crippen LogP contribution in [0.1, 0.15) is 5.56 Å². The van der Waals surface area contributed by atoms with Crippen molar-refractivity contribution in [1.29, 1.82) is 0 Å². The molecule has 1 unspecified atom stereocenters. The van der Waals surface area contributed by atoms with Gasteiger partial charge in [-0.2, -0.15) is 0 Å². The predicted molar refractivity (Wildman–Crippen MR) is 67.8 cm³/mol. The predicted octanol–water partition coefficient (Wildman–Crippen LogP) is -0.0933. The van der Waals surface area contributed by atoms with Crippen LogP contribution in [0.5, 0.6) is 0 Å². The van der Waals surface area contributed by atoms with Crippen LogP contribution in [0.2, 0.25) is 0 Å². The molecule has 1 aliphatic rings. The van der Waals surface area contributed by atoms with Gasteiger partial charge in [0.1, 0.15) is 0 Å². The molecule has 1 aliphatic heterocycles. The van der Waals surface area contributed by atoms with Crippen molar-refractivity contribution in [1.82, 2.24) is 16.0 Å². The number of hydrogen-bond acceptors (Lipinski definition) is 3. The molecule has 0 aromatic heterocycles. The van der Waals surface area contributed by atoms with Crippen LogP contribution in [0.3, 0.4) is 0 Å². The minimum absolute atomic E-state index is 0.0866. The van der Waals surface area contributed by atoms with Gasteiger partial charge >= 0.3 is 0 Å². The van der Waals surface area contributed by atoms with E-state index in [-0.39, 0.29) is 5.91 Å². The van der Waals surface area contributed by atoms with Gasteiger partial charge in [-0.25, -0.2) is 0 Å². The second-order valence-corrected chi connectivity index (χ2v) is 4.32. The van der Waals surface area contributed by atoms with Gasteiger partial charge in [0.25, 0.3) is 0 Å². The summed E-state index contributed by atoms with van der Waals surface area (Å²) in [5.74, 6) is 0.0866. The van der Waals surface area contributed by atoms with Gasteiger partial charge in [0.05, 0.1) is 6.42 Å². The molecule has 0 saturated carbocycles. The highest BCUT2D eigenvalue weighted by Crippen LogP contribution is 1.99. The Morgan fingerprint density at radius 1 is 1.29 bits per heavy atom. The Morgan fingerprint density at radius 3 is 2.82 bits per heavy atom. The summed E-state index contributed by atoms with van der Waals surface area (Å²) in [6.45, 7) is 3.60. The van der Waals surface area contributed by atoms with Crippen LogP contribution in [0.25, 0.3) is 0 Å². The summed E-state index contributed by atoms with van der Waals surface area (Å²) in [7, 11) is 0. The molecule has 0 aliphatic carbocycles. The lowest BCUT2D eigenvalue weighted by atomic mass is 10.1. The molecule has 1 saturated heterocycles. The highest BCUT2D eigenvalue weighted by atomic mass is 16.1. The lowest BCUT2D eigenvalue weighted by molar-refractivity contribution is -0.120. The Kier molecular flexibility index (Phi) is 4.53. The van der Waals surface area contributed by atoms with E-state index in [1.165, 1.54) is 0 Å². The van der Waals surface area contributed by atoms with Gasteiger partial charge in [-0.05, 0) is 5.56 Å². The minimum Gasteiger partial charge on any atom is -0.354 e. The number of amides is 1. The van der Waals surface area contributed by atoms with E-state index in [4.69, 9.17) is 0 Å². The molecule has 1 amide bonds. The maximum Gasteiger partial charge on any atom is 0.224 e. The molecule has 1 fully saturated rings. The molecule has 2 rings (SSSR count). The van der Waals surface area contributed by atoms with Crippen molar-refractivity contribution in [3.8, 4) is 0 Å². The Bertz CT molecular complexity index is 347. The van der Waals surface area contributed by atoms with E-state index in [0.29, 0.717) is 19.0 Å². The fourth-order valence-corrected chi connectivity index (χ4v) is 1.94. The maximum atomic E-state index is 11.7. The molecule has 3 N–H and O–H groups in total. The standard InChI is InChI=1S/C13H19N3O/c17-13(8-11-4-2-1-3-5-11)16-10-12-9-14-6-7-15-12/h1-5,12,14-15H,6-10H2,(H,16,17). The van der Waals surface area contributed by atoms with E-state index in [9.17, 15) is 4.79 Å². The van der Waals surface area contributed by atoms with E-state index < -0.39 is 0 Å². The quantitative estimate of drug-likeness (QED) is 0.681. The minimum atomic E-state index is 0.0866. The molecule has 17 heavy (non-hydrogen) atoms. The average molecular weight is 233 g/mol. The Morgan fingerprint density at radius 2 is 2.12 bits per heavy atom. The first kappa shape index (κ1) is 12.1. The number of hydrogen-bond donors (Lipinski definition) is 3. The average Bonchev–Trinajstić information content (AvgIpc) is 2.39. The van der Waals surface area contributed by atoms with Gasteiger partial charge in [-0.3, -0.25) is 4.79 Å². The summed E-state index contributed by atoms with van der Waals surface area (Å²) in [4.78, 5) is 11.7. The fourth-order valence-electron chi connectivity index (χ4n) is 1.94. The monoisotopic (exact) mass is 233 g/mol. The van der Waals surface area contributed by atoms with E-state index in [0.717, 1.165) is 25.2 Å². The molecule has 0 spiro atoms. The highest BCUT2D eigenvalue weighted by Gasteiger charge is 2.12. The van der Waals surface area contributed by atoms with Crippen molar-refractivity contribution in [3.63, 3.8) is 0 Å². The first-order chi connectivity index (χ1) is 8.34. The van der Waals surface area contributed by atoms with E-state index in [2.05, 4.69) is 16.0 Å². The summed E-state index contributed by atoms with van der Waals surface area (Å²) >= 11 is 0. The number of carbonyl (C=O) groups excluding carboxylic acids is 1. The van der Waals surface area contributed by atoms with Crippen LogP contribution < -0.4 is 16.0 Å². The normalized spacial score (nSPS) is 19.9. The largest absolute Gasteiger partial charge is 0.354 e. The van der Waals surface area contributed by atoms with Gasteiger partial charge in [0.15, 0.2) is 0 Å². The molecule has 0 bridgehead atoms. The molecule has 4 heteroatoms. The van der Waals surface area contributed by atoms with Gasteiger partial charge in [0, 0.05) is 32.2 Å². The third kappa shape index (κ3) is 4.17. The zero-order chi connectivity index (χ0) is 11.9. The SMILES string of the molecule is O=C(Cc1ccccc1)NCC1CNCCN1. The highest BCUT2D eigenvalue weighted by molar-refractivity contribution is 5.78. The zero-order valence-electron chi connectivity index (χ0n) is 9.91. The summed E-state index contributed by atoms with van der Waals surface area (Å²) in [5, 5.41) is 9.61. The molecule has 1 heterocycles. The molecule has 4 nitrogen and oxygen atoms in total. The molecule has 0 radical (unpaired) electrons. The smallest absolute Gasteiger partial charge is 0.224 e. The van der Waals surface area contributed by atoms with Gasteiger partial charge in [0.2, 0.25) is 5.91 Å². The molecule has 1 aromatic carbocycles. The Balaban J connectivity index is 1.70. The second kappa shape index (κ2) is 6.37. The van der Waals surface area contributed by atoms with Gasteiger partial charge in [-0.1, -0.05) is 30.3 Å². The van der Waals surface area contributed by atoms with Crippen molar-refractivity contribution in [3.05, 3.63) is 35.9 Å². The van der Waals surface area contributed by atoms with Crippen molar-refractivity contribution >= 4 is 5.91 Å². The van der Waals surface area contributed by atoms with E-state index in [1.807, 2.05) is 30.3 Å². The van der Waals surface area contributed by atoms with Crippen LogP contribution in [-0.4, -0.2) is 38.1 Å². The van der Waals surface area contributed by atoms with Crippen LogP contribution in [-0.2, 0) is 11.2 Å². The lowest BCUT2D eigenvalue weighted by Gasteiger charge is -2.24. The zero-order valence-corrected chi connectivity index (χ0v) is 9.91. The third-order valence-electron chi connectivity index (χ3n) is 2.88. The lowest BCUT2D eigenvalue weighted by Crippen LogP contribution is -2.53. The van der Waals surface area contributed by atoms with Gasteiger partial charge in [-0.15, -0.1) is 0 Å². The number of nitrogens with one attached hydrogen (secondary N) is 3. The van der Waals surface area contributed by atoms with Crippen molar-refractivity contribution in [2.45, 2.75) is 12.5 Å². The number of benzene rings is 1. The first-order valence-corrected chi connectivity index (χ1v) is 6.09. The summed E-state index contributed by atoms with van der Waals surface area (Å²) < 4.78 is 0. The van der Waals surface area contributed by atoms with Crippen LogP contribution in [0.15, 0.2) is 30.3 Å². The van der Waals surface area contributed by atoms with Crippen molar-refractivity contribution in [2.75, 3.05) is 26.2 Å². The Labute approximate surface area is 102 Å². The number of piperazine rings is 1. The molecule has 92 valence electrons. The third-order valence-corrected chi connectivity index (χ3v) is 2.88. The van der Waals surface area contributed by atoms with Crippen molar-refractivity contribution < 1.29 is 4.79 Å². The van der Waals surface area contributed by atoms with E-state index in [1.54, 1.807) is 0 Å². The van der Waals surface area contributed by atoms with Crippen LogP contribution >= 0.6 is 0 Å². The second-order valence-electron chi connectivity index (χ2n) is 4.32. The molecular formula is C13H19N3O. The van der Waals surface area contributed by atoms with E-state index >= 15 is 0 Å². The summed E-state index contributed by atoms with van der Waals surface area (Å²) in [6.07, 6.45) is 0.459. The van der Waals surface area contributed by atoms with Crippen molar-refractivity contribution in [2.24, 2.45) is 0 Å². The number of rotatable bonds is 4. The van der Waals surface area contributed by atoms with Crippen LogP contribution in [0.4, 0.5) is 0 Å². The molecule has 1 aromatic rings. The van der Waals surface area contributed by atoms with Gasteiger partial charge < -0.3 is 16.0 Å². The Hall–Kier alpha value is -1.39. The first-order valence-electron chi connectivity index (χ1n) is 6.09. The summed E-state index contributed by atoms with van der Waals surface area (Å²) in [5.41, 5.74) is 1.06.